The Kier molecular flexibility index (Phi) is 2.51. The first-order valence-corrected chi connectivity index (χ1v) is 6.67. The minimum atomic E-state index is -0.943. The van der Waals surface area contributed by atoms with E-state index in [1.54, 1.807) is 0 Å². The van der Waals surface area contributed by atoms with Crippen molar-refractivity contribution in [2.24, 2.45) is 5.73 Å². The van der Waals surface area contributed by atoms with Crippen LogP contribution >= 0.6 is 0 Å². The number of halogens is 1. The van der Waals surface area contributed by atoms with Gasteiger partial charge in [0.15, 0.2) is 0 Å². The molecule has 0 atom stereocenters. The van der Waals surface area contributed by atoms with Crippen molar-refractivity contribution in [3.8, 4) is 0 Å². The van der Waals surface area contributed by atoms with Gasteiger partial charge in [0.2, 0.25) is 0 Å². The predicted octanol–water partition coefficient (Wildman–Crippen LogP) is 3.46. The largest absolute Gasteiger partial charge is 0.321 e. The molecule has 2 heteroatoms. The zero-order valence-electron chi connectivity index (χ0n) is 10.2. The molecule has 0 heterocycles. The Balaban J connectivity index is 1.72. The minimum absolute atomic E-state index is 0.0701. The summed E-state index contributed by atoms with van der Waals surface area (Å²) in [6, 6.07) is 8.28. The summed E-state index contributed by atoms with van der Waals surface area (Å²) in [6.07, 6.45) is 6.29. The molecule has 0 unspecified atom stereocenters. The molecule has 1 nitrogen and oxygen atoms in total. The molecular formula is C15H20FN. The van der Waals surface area contributed by atoms with Gasteiger partial charge in [0.1, 0.15) is 5.67 Å². The van der Waals surface area contributed by atoms with E-state index in [9.17, 15) is 4.39 Å². The van der Waals surface area contributed by atoms with Crippen molar-refractivity contribution in [2.45, 2.75) is 56.2 Å². The topological polar surface area (TPSA) is 26.0 Å². The van der Waals surface area contributed by atoms with Crippen LogP contribution < -0.4 is 5.73 Å². The van der Waals surface area contributed by atoms with Crippen LogP contribution in [0.1, 0.15) is 49.7 Å². The van der Waals surface area contributed by atoms with E-state index in [4.69, 9.17) is 5.73 Å². The van der Waals surface area contributed by atoms with Crippen molar-refractivity contribution in [3.63, 3.8) is 0 Å². The summed E-state index contributed by atoms with van der Waals surface area (Å²) in [5, 5.41) is 0. The molecule has 1 aromatic rings. The van der Waals surface area contributed by atoms with Crippen LogP contribution in [0.4, 0.5) is 4.39 Å². The van der Waals surface area contributed by atoms with Crippen LogP contribution in [0.3, 0.4) is 0 Å². The summed E-state index contributed by atoms with van der Waals surface area (Å²) in [5.74, 6) is 0. The van der Waals surface area contributed by atoms with E-state index < -0.39 is 5.67 Å². The van der Waals surface area contributed by atoms with Crippen molar-refractivity contribution < 1.29 is 4.39 Å². The summed E-state index contributed by atoms with van der Waals surface area (Å²) in [4.78, 5) is 0. The van der Waals surface area contributed by atoms with Crippen LogP contribution in [0.5, 0.6) is 0 Å². The number of rotatable bonds is 3. The monoisotopic (exact) mass is 233 g/mol. The van der Waals surface area contributed by atoms with Crippen LogP contribution in [-0.2, 0) is 12.0 Å². The van der Waals surface area contributed by atoms with E-state index in [1.807, 2.05) is 0 Å². The van der Waals surface area contributed by atoms with Gasteiger partial charge in [-0.3, -0.25) is 0 Å². The first-order chi connectivity index (χ1) is 8.10. The number of nitrogens with two attached hydrogens (primary N) is 1. The van der Waals surface area contributed by atoms with Gasteiger partial charge in [-0.15, -0.1) is 0 Å². The molecule has 0 amide bonds. The lowest BCUT2D eigenvalue weighted by atomic mass is 9.93. The quantitative estimate of drug-likeness (QED) is 0.850. The van der Waals surface area contributed by atoms with Gasteiger partial charge in [-0.1, -0.05) is 37.1 Å². The number of benzene rings is 1. The van der Waals surface area contributed by atoms with Crippen LogP contribution in [-0.4, -0.2) is 5.67 Å². The number of hydrogen-bond acceptors (Lipinski definition) is 1. The van der Waals surface area contributed by atoms with Crippen LogP contribution in [0.15, 0.2) is 24.3 Å². The molecule has 0 spiro atoms. The Hall–Kier alpha value is -0.890. The average Bonchev–Trinajstić information content (AvgIpc) is 2.92. The fourth-order valence-electron chi connectivity index (χ4n) is 2.93. The van der Waals surface area contributed by atoms with Gasteiger partial charge >= 0.3 is 0 Å². The maximum absolute atomic E-state index is 14.3. The van der Waals surface area contributed by atoms with Gasteiger partial charge in [-0.25, -0.2) is 4.39 Å². The fourth-order valence-corrected chi connectivity index (χ4v) is 2.93. The van der Waals surface area contributed by atoms with Gasteiger partial charge in [0, 0.05) is 12.0 Å². The number of alkyl halides is 1. The molecule has 2 N–H and O–H groups in total. The van der Waals surface area contributed by atoms with E-state index in [1.165, 1.54) is 5.56 Å². The van der Waals surface area contributed by atoms with Gasteiger partial charge in [0.05, 0.1) is 0 Å². The molecule has 2 aliphatic carbocycles. The molecule has 2 fully saturated rings. The third kappa shape index (κ3) is 2.23. The maximum Gasteiger partial charge on any atom is 0.115 e. The Morgan fingerprint density at radius 2 is 1.59 bits per heavy atom. The molecule has 1 aromatic carbocycles. The van der Waals surface area contributed by atoms with Crippen LogP contribution in [0, 0.1) is 0 Å². The summed E-state index contributed by atoms with van der Waals surface area (Å²) in [7, 11) is 0. The van der Waals surface area contributed by atoms with Crippen molar-refractivity contribution in [2.75, 3.05) is 0 Å². The lowest BCUT2D eigenvalue weighted by Crippen LogP contribution is -2.21. The number of hydrogen-bond donors (Lipinski definition) is 1. The zero-order valence-corrected chi connectivity index (χ0v) is 10.2. The normalized spacial score (nSPS) is 24.8. The van der Waals surface area contributed by atoms with E-state index in [2.05, 4.69) is 24.3 Å². The first kappa shape index (κ1) is 11.2. The van der Waals surface area contributed by atoms with Crippen molar-refractivity contribution >= 4 is 0 Å². The Morgan fingerprint density at radius 1 is 1.00 bits per heavy atom. The lowest BCUT2D eigenvalue weighted by Gasteiger charge is -2.19. The zero-order chi connectivity index (χ0) is 11.9. The van der Waals surface area contributed by atoms with Crippen LogP contribution in [0.2, 0.25) is 0 Å². The summed E-state index contributed by atoms with van der Waals surface area (Å²) >= 11 is 0. The Bertz CT molecular complexity index is 399. The Morgan fingerprint density at radius 3 is 2.12 bits per heavy atom. The second kappa shape index (κ2) is 3.81. The molecule has 0 radical (unpaired) electrons. The molecule has 3 rings (SSSR count). The van der Waals surface area contributed by atoms with Crippen LogP contribution in [0.25, 0.3) is 0 Å². The summed E-state index contributed by atoms with van der Waals surface area (Å²) in [6.45, 7) is 0. The molecule has 92 valence electrons. The molecule has 0 aliphatic heterocycles. The van der Waals surface area contributed by atoms with Gasteiger partial charge in [0.25, 0.3) is 0 Å². The SMILES string of the molecule is NC1(c2ccc(CC3(F)CCCC3)cc2)CC1. The smallest absolute Gasteiger partial charge is 0.115 e. The van der Waals surface area contributed by atoms with E-state index >= 15 is 0 Å². The fraction of sp³-hybridized carbons (Fsp3) is 0.600. The molecule has 2 aliphatic rings. The standard InChI is InChI=1S/C15H20FN/c16-14(7-1-2-8-14)11-12-3-5-13(6-4-12)15(17)9-10-15/h3-6H,1-2,7-11,17H2. The van der Waals surface area contributed by atoms with E-state index in [0.717, 1.165) is 44.1 Å². The molecule has 2 saturated carbocycles. The van der Waals surface area contributed by atoms with E-state index in [-0.39, 0.29) is 5.54 Å². The van der Waals surface area contributed by atoms with Crippen molar-refractivity contribution in [3.05, 3.63) is 35.4 Å². The predicted molar refractivity (Wildman–Crippen MR) is 67.6 cm³/mol. The molecule has 17 heavy (non-hydrogen) atoms. The van der Waals surface area contributed by atoms with Crippen molar-refractivity contribution in [1.29, 1.82) is 0 Å². The van der Waals surface area contributed by atoms with Gasteiger partial charge in [-0.2, -0.15) is 0 Å². The van der Waals surface area contributed by atoms with Gasteiger partial charge in [-0.05, 0) is 36.8 Å². The third-order valence-corrected chi connectivity index (χ3v) is 4.34. The highest BCUT2D eigenvalue weighted by atomic mass is 19.1. The lowest BCUT2D eigenvalue weighted by molar-refractivity contribution is 0.173. The minimum Gasteiger partial charge on any atom is -0.321 e. The molecule has 0 aromatic heterocycles. The second-order valence-electron chi connectivity index (χ2n) is 5.89. The third-order valence-electron chi connectivity index (χ3n) is 4.34. The average molecular weight is 233 g/mol. The molecule has 0 bridgehead atoms. The molecular weight excluding hydrogens is 213 g/mol. The highest BCUT2D eigenvalue weighted by Gasteiger charge is 2.40. The van der Waals surface area contributed by atoms with Gasteiger partial charge < -0.3 is 5.73 Å². The summed E-state index contributed by atoms with van der Waals surface area (Å²) < 4.78 is 14.3. The second-order valence-corrected chi connectivity index (χ2v) is 5.89. The summed E-state index contributed by atoms with van der Waals surface area (Å²) in [5.41, 5.74) is 7.44. The highest BCUT2D eigenvalue weighted by molar-refractivity contribution is 5.32. The first-order valence-electron chi connectivity index (χ1n) is 6.67. The Labute approximate surface area is 102 Å². The van der Waals surface area contributed by atoms with Crippen molar-refractivity contribution in [1.82, 2.24) is 0 Å². The van der Waals surface area contributed by atoms with E-state index in [0.29, 0.717) is 6.42 Å². The molecule has 0 saturated heterocycles. The highest BCUT2D eigenvalue weighted by Crippen LogP contribution is 2.43. The maximum atomic E-state index is 14.3.